The molecule has 0 unspecified atom stereocenters. The molecule has 1 heterocycles. The predicted octanol–water partition coefficient (Wildman–Crippen LogP) is 1.59. The summed E-state index contributed by atoms with van der Waals surface area (Å²) in [7, 11) is 3.82. The van der Waals surface area contributed by atoms with Crippen molar-refractivity contribution in [3.63, 3.8) is 0 Å². The van der Waals surface area contributed by atoms with Gasteiger partial charge < -0.3 is 35.4 Å². The standard InChI is InChI=1S/C16H24N2O2.HI.NO3/c1-18-11-9-14(17-10-4-3-5-12-19)13-7-6-8-15(20-2)16(13)18;;2-1(3)4/h6-9,17,19H,3-5,10-12H2,1-2H3;1H;/q;;-1/p+1. The van der Waals surface area contributed by atoms with Crippen molar-refractivity contribution in [2.24, 2.45) is 0 Å². The van der Waals surface area contributed by atoms with Crippen LogP contribution >= 0.6 is 24.0 Å². The van der Waals surface area contributed by atoms with E-state index in [1.54, 1.807) is 7.11 Å². The van der Waals surface area contributed by atoms with E-state index < -0.39 is 5.09 Å². The number of hydrogen-bond donors (Lipinski definition) is 2. The topological polar surface area (TPSA) is 116 Å². The van der Waals surface area contributed by atoms with Gasteiger partial charge in [-0.2, -0.15) is 0 Å². The third-order valence-electron chi connectivity index (χ3n) is 3.72. The second kappa shape index (κ2) is 12.7. The smallest absolute Gasteiger partial charge is 0.143 e. The zero-order chi connectivity index (χ0) is 17.9. The van der Waals surface area contributed by atoms with E-state index in [1.807, 2.05) is 12.1 Å². The fourth-order valence-electron chi connectivity index (χ4n) is 2.63. The second-order valence-electron chi connectivity index (χ2n) is 5.40. The molecule has 0 atom stereocenters. The predicted molar refractivity (Wildman–Crippen MR) is 108 cm³/mol. The highest BCUT2D eigenvalue weighted by Crippen LogP contribution is 2.35. The van der Waals surface area contributed by atoms with Crippen LogP contribution in [0.3, 0.4) is 0 Å². The fraction of sp³-hybridized carbons (Fsp3) is 0.500. The number of ether oxygens (including phenoxy) is 1. The summed E-state index contributed by atoms with van der Waals surface area (Å²) in [6.07, 6.45) is 5.39. The van der Waals surface area contributed by atoms with Gasteiger partial charge in [0, 0.05) is 20.2 Å². The maximum Gasteiger partial charge on any atom is 0.143 e. The Labute approximate surface area is 164 Å². The van der Waals surface area contributed by atoms with Crippen molar-refractivity contribution in [1.82, 2.24) is 0 Å². The maximum absolute atomic E-state index is 8.79. The number of nitrogens with zero attached hydrogens (tertiary/aromatic N) is 2. The minimum Gasteiger partial charge on any atom is -0.495 e. The van der Waals surface area contributed by atoms with E-state index in [9.17, 15) is 0 Å². The zero-order valence-electron chi connectivity index (χ0n) is 14.5. The highest BCUT2D eigenvalue weighted by molar-refractivity contribution is 14.0. The minimum absolute atomic E-state index is 0. The lowest BCUT2D eigenvalue weighted by molar-refractivity contribution is -0.563. The average molecular weight is 467 g/mol. The molecule has 1 aromatic carbocycles. The monoisotopic (exact) mass is 467 g/mol. The number of hydrogen-bond acceptors (Lipinski definition) is 6. The molecule has 25 heavy (non-hydrogen) atoms. The van der Waals surface area contributed by atoms with Gasteiger partial charge in [0.1, 0.15) is 11.4 Å². The Morgan fingerprint density at radius 1 is 1.32 bits per heavy atom. The number of halogens is 1. The molecule has 0 fully saturated rings. The molecule has 9 heteroatoms. The lowest BCUT2D eigenvalue weighted by Gasteiger charge is -2.27. The summed E-state index contributed by atoms with van der Waals surface area (Å²) < 4.78 is 5.48. The molecular formula is C16H26IN3O5. The molecule has 0 radical (unpaired) electrons. The molecule has 0 amide bonds. The number of fused-ring (bicyclic) bond motifs is 1. The first-order chi connectivity index (χ1) is 11.5. The van der Waals surface area contributed by atoms with Crippen molar-refractivity contribution in [2.75, 3.05) is 38.8 Å². The van der Waals surface area contributed by atoms with Crippen molar-refractivity contribution < 1.29 is 20.2 Å². The van der Waals surface area contributed by atoms with Crippen molar-refractivity contribution in [2.45, 2.75) is 19.3 Å². The van der Waals surface area contributed by atoms with Gasteiger partial charge >= 0.3 is 0 Å². The van der Waals surface area contributed by atoms with Crippen LogP contribution in [0.15, 0.2) is 24.3 Å². The number of aliphatic hydroxyl groups is 1. The first-order valence-corrected chi connectivity index (χ1v) is 7.85. The molecule has 0 aromatic heterocycles. The van der Waals surface area contributed by atoms with Gasteiger partial charge in [0.2, 0.25) is 0 Å². The molecule has 8 nitrogen and oxygen atoms in total. The first kappa shape index (κ1) is 23.4. The summed E-state index contributed by atoms with van der Waals surface area (Å²) in [5.74, 6) is 0.935. The number of benzene rings is 1. The summed E-state index contributed by atoms with van der Waals surface area (Å²) >= 11 is 0. The van der Waals surface area contributed by atoms with Crippen LogP contribution in [-0.2, 0) is 0 Å². The maximum atomic E-state index is 8.79. The summed E-state index contributed by atoms with van der Waals surface area (Å²) in [6.45, 7) is 2.27. The Morgan fingerprint density at radius 2 is 2.00 bits per heavy atom. The number of quaternary nitrogens is 1. The molecule has 2 rings (SSSR count). The van der Waals surface area contributed by atoms with E-state index in [2.05, 4.69) is 29.4 Å². The Morgan fingerprint density at radius 3 is 2.60 bits per heavy atom. The summed E-state index contributed by atoms with van der Waals surface area (Å²) in [5.41, 5.74) is 3.74. The van der Waals surface area contributed by atoms with Gasteiger partial charge in [0.15, 0.2) is 0 Å². The molecule has 142 valence electrons. The van der Waals surface area contributed by atoms with Gasteiger partial charge in [-0.05, 0) is 37.5 Å². The van der Waals surface area contributed by atoms with Crippen LogP contribution in [0.4, 0.5) is 5.69 Å². The number of methoxy groups -OCH3 is 1. The number of likely N-dealkylation sites (N-methyl/N-ethyl adjacent to an activating group) is 1. The van der Waals surface area contributed by atoms with Gasteiger partial charge in [-0.15, -0.1) is 24.0 Å². The molecule has 0 bridgehead atoms. The molecular weight excluding hydrogens is 441 g/mol. The number of aliphatic hydroxyl groups excluding tert-OH is 1. The molecule has 0 saturated carbocycles. The lowest BCUT2D eigenvalue weighted by atomic mass is 10.0. The van der Waals surface area contributed by atoms with Gasteiger partial charge in [-0.25, -0.2) is 0 Å². The van der Waals surface area contributed by atoms with Gasteiger partial charge in [-0.1, -0.05) is 6.07 Å². The molecule has 1 aliphatic rings. The Kier molecular flexibility index (Phi) is 11.9. The Balaban J connectivity index is 0.00000104. The van der Waals surface area contributed by atoms with Crippen LogP contribution in [-0.4, -0.2) is 44.0 Å². The Bertz CT molecular complexity index is 565. The largest absolute Gasteiger partial charge is 0.495 e. The van der Waals surface area contributed by atoms with E-state index in [4.69, 9.17) is 25.2 Å². The van der Waals surface area contributed by atoms with E-state index in [0.717, 1.165) is 38.1 Å². The minimum atomic E-state index is -1.75. The van der Waals surface area contributed by atoms with Crippen LogP contribution in [0, 0.1) is 15.3 Å². The van der Waals surface area contributed by atoms with E-state index in [0.29, 0.717) is 6.61 Å². The van der Waals surface area contributed by atoms with E-state index in [-0.39, 0.29) is 24.0 Å². The average Bonchev–Trinajstić information content (AvgIpc) is 2.55. The number of para-hydroxylation sites is 1. The van der Waals surface area contributed by atoms with Crippen LogP contribution in [0.5, 0.6) is 5.75 Å². The normalized spacial score (nSPS) is 12.1. The summed E-state index contributed by atoms with van der Waals surface area (Å²) in [5, 5.41) is 25.8. The zero-order valence-corrected chi connectivity index (χ0v) is 16.8. The Hall–Kier alpha value is -1.59. The first-order valence-electron chi connectivity index (χ1n) is 7.85. The fourth-order valence-corrected chi connectivity index (χ4v) is 2.63. The van der Waals surface area contributed by atoms with Crippen LogP contribution in [0.25, 0.3) is 5.70 Å². The van der Waals surface area contributed by atoms with Crippen LogP contribution in [0.1, 0.15) is 24.8 Å². The van der Waals surface area contributed by atoms with Crippen molar-refractivity contribution in [3.05, 3.63) is 45.2 Å². The van der Waals surface area contributed by atoms with Crippen LogP contribution < -0.4 is 15.0 Å². The van der Waals surface area contributed by atoms with Gasteiger partial charge in [-0.3, -0.25) is 0 Å². The van der Waals surface area contributed by atoms with E-state index in [1.165, 1.54) is 16.9 Å². The number of anilines is 1. The van der Waals surface area contributed by atoms with Gasteiger partial charge in [0.05, 0.1) is 30.0 Å². The number of unbranched alkanes of at least 4 members (excludes halogenated alkanes) is 2. The molecule has 0 aliphatic carbocycles. The van der Waals surface area contributed by atoms with Crippen LogP contribution in [0.2, 0.25) is 0 Å². The number of nitrogens with two attached hydrogens (primary N) is 1. The lowest BCUT2D eigenvalue weighted by Crippen LogP contribution is -2.81. The van der Waals surface area contributed by atoms with Crippen molar-refractivity contribution in [1.29, 1.82) is 0 Å². The third kappa shape index (κ3) is 7.88. The quantitative estimate of drug-likeness (QED) is 0.273. The highest BCUT2D eigenvalue weighted by atomic mass is 127. The summed E-state index contributed by atoms with van der Waals surface area (Å²) in [4.78, 5) is 10.5. The molecule has 3 N–H and O–H groups in total. The number of rotatable bonds is 7. The van der Waals surface area contributed by atoms with Crippen molar-refractivity contribution in [3.8, 4) is 5.75 Å². The second-order valence-corrected chi connectivity index (χ2v) is 5.40. The molecule has 0 saturated heterocycles. The molecule has 1 aromatic rings. The van der Waals surface area contributed by atoms with Crippen molar-refractivity contribution >= 4 is 35.4 Å². The summed E-state index contributed by atoms with van der Waals surface area (Å²) in [6, 6.07) is 6.22. The third-order valence-corrected chi connectivity index (χ3v) is 3.72. The highest BCUT2D eigenvalue weighted by Gasteiger charge is 2.22. The van der Waals surface area contributed by atoms with E-state index >= 15 is 0 Å². The molecule has 0 spiro atoms. The molecule has 1 aliphatic heterocycles. The SMILES string of the molecule is COc1cccc2c1N(C)CC=C2[NH2+]CCCCCO.I.O=[N+]([O-])[O-]. The van der Waals surface area contributed by atoms with Gasteiger partial charge in [0.25, 0.3) is 0 Å².